The third-order valence-corrected chi connectivity index (χ3v) is 6.58. The van der Waals surface area contributed by atoms with E-state index in [0.717, 1.165) is 0 Å². The molecule has 3 rings (SSSR count). The maximum Gasteiger partial charge on any atom is 0.261 e. The molecule has 3 aromatic rings. The molecule has 0 spiro atoms. The molecular weight excluding hydrogens is 400 g/mol. The van der Waals surface area contributed by atoms with Crippen LogP contribution in [0.2, 0.25) is 0 Å². The number of benzene rings is 3. The maximum absolute atomic E-state index is 12.6. The van der Waals surface area contributed by atoms with Gasteiger partial charge >= 0.3 is 0 Å². The molecule has 6 N–H and O–H groups in total. The Labute approximate surface area is 163 Å². The summed E-state index contributed by atoms with van der Waals surface area (Å²) in [4.78, 5) is 0.0320. The minimum atomic E-state index is -3.97. The molecule has 0 radical (unpaired) electrons. The van der Waals surface area contributed by atoms with Crippen molar-refractivity contribution in [1.82, 2.24) is 0 Å². The number of nitrogens with one attached hydrogen (secondary N) is 2. The fraction of sp³-hybridized carbons (Fsp3) is 0. The predicted molar refractivity (Wildman–Crippen MR) is 110 cm³/mol. The lowest BCUT2D eigenvalue weighted by Gasteiger charge is -2.16. The van der Waals surface area contributed by atoms with Crippen LogP contribution >= 0.6 is 0 Å². The number of sulfonamides is 2. The van der Waals surface area contributed by atoms with Crippen molar-refractivity contribution in [3.63, 3.8) is 0 Å². The van der Waals surface area contributed by atoms with Crippen LogP contribution in [-0.4, -0.2) is 16.8 Å². The highest BCUT2D eigenvalue weighted by molar-refractivity contribution is 7.93. The zero-order chi connectivity index (χ0) is 20.4. The predicted octanol–water partition coefficient (Wildman–Crippen LogP) is 2.45. The molecule has 0 aromatic heterocycles. The van der Waals surface area contributed by atoms with Crippen LogP contribution in [0.15, 0.2) is 82.6 Å². The van der Waals surface area contributed by atoms with Crippen molar-refractivity contribution in [2.75, 3.05) is 20.9 Å². The smallest absolute Gasteiger partial charge is 0.261 e. The summed E-state index contributed by atoms with van der Waals surface area (Å²) in [5.41, 5.74) is 11.7. The van der Waals surface area contributed by atoms with Crippen molar-refractivity contribution >= 4 is 42.8 Å². The molecular formula is C18H18N4O4S2. The van der Waals surface area contributed by atoms with E-state index in [1.165, 1.54) is 36.4 Å². The lowest BCUT2D eigenvalue weighted by atomic mass is 10.2. The molecule has 0 heterocycles. The third kappa shape index (κ3) is 4.18. The van der Waals surface area contributed by atoms with E-state index in [4.69, 9.17) is 11.5 Å². The molecule has 28 heavy (non-hydrogen) atoms. The highest BCUT2D eigenvalue weighted by Gasteiger charge is 2.20. The van der Waals surface area contributed by atoms with Gasteiger partial charge in [0.1, 0.15) is 0 Å². The van der Waals surface area contributed by atoms with Gasteiger partial charge in [-0.3, -0.25) is 9.44 Å². The molecule has 8 nitrogen and oxygen atoms in total. The van der Waals surface area contributed by atoms with Crippen molar-refractivity contribution in [3.8, 4) is 0 Å². The molecule has 0 aliphatic heterocycles. The zero-order valence-corrected chi connectivity index (χ0v) is 16.2. The summed E-state index contributed by atoms with van der Waals surface area (Å²) in [6, 6.07) is 17.8. The van der Waals surface area contributed by atoms with E-state index in [0.29, 0.717) is 0 Å². The minimum absolute atomic E-state index is 0.0160. The van der Waals surface area contributed by atoms with Crippen LogP contribution in [0.25, 0.3) is 0 Å². The summed E-state index contributed by atoms with van der Waals surface area (Å²) in [5, 5.41) is 0. The van der Waals surface area contributed by atoms with Gasteiger partial charge in [0.2, 0.25) is 0 Å². The average Bonchev–Trinajstić information content (AvgIpc) is 2.67. The van der Waals surface area contributed by atoms with Gasteiger partial charge in [-0.1, -0.05) is 36.4 Å². The van der Waals surface area contributed by atoms with Crippen molar-refractivity contribution in [3.05, 3.63) is 72.8 Å². The van der Waals surface area contributed by atoms with E-state index in [1.54, 1.807) is 36.4 Å². The van der Waals surface area contributed by atoms with Crippen LogP contribution in [0.5, 0.6) is 0 Å². The Morgan fingerprint density at radius 3 is 1.21 bits per heavy atom. The van der Waals surface area contributed by atoms with E-state index in [2.05, 4.69) is 9.44 Å². The van der Waals surface area contributed by atoms with E-state index in [-0.39, 0.29) is 32.5 Å². The van der Waals surface area contributed by atoms with Gasteiger partial charge in [-0.25, -0.2) is 16.8 Å². The molecule has 0 saturated heterocycles. The summed E-state index contributed by atoms with van der Waals surface area (Å²) < 4.78 is 55.2. The first-order valence-electron chi connectivity index (χ1n) is 8.04. The van der Waals surface area contributed by atoms with Crippen LogP contribution in [0, 0.1) is 0 Å². The van der Waals surface area contributed by atoms with E-state index < -0.39 is 20.0 Å². The molecule has 10 heteroatoms. The lowest BCUT2D eigenvalue weighted by molar-refractivity contribution is 0.599. The number of nitrogen functional groups attached to an aromatic ring is 2. The molecule has 3 aromatic carbocycles. The molecule has 146 valence electrons. The average molecular weight is 419 g/mol. The van der Waals surface area contributed by atoms with Crippen LogP contribution in [0.4, 0.5) is 22.7 Å². The summed E-state index contributed by atoms with van der Waals surface area (Å²) in [5.74, 6) is 0. The van der Waals surface area contributed by atoms with Gasteiger partial charge in [0.05, 0.1) is 32.5 Å². The van der Waals surface area contributed by atoms with Crippen LogP contribution < -0.4 is 20.9 Å². The molecule has 0 bridgehead atoms. The van der Waals surface area contributed by atoms with Crippen LogP contribution in [0.1, 0.15) is 0 Å². The molecule has 0 atom stereocenters. The van der Waals surface area contributed by atoms with Gasteiger partial charge in [-0.2, -0.15) is 0 Å². The van der Waals surface area contributed by atoms with Gasteiger partial charge < -0.3 is 11.5 Å². The SMILES string of the molecule is Nc1cc(NS(=O)(=O)c2ccccc2)c(NS(=O)(=O)c2ccccc2)cc1N. The van der Waals surface area contributed by atoms with Gasteiger partial charge in [-0.15, -0.1) is 0 Å². The van der Waals surface area contributed by atoms with Crippen LogP contribution in [0.3, 0.4) is 0 Å². The van der Waals surface area contributed by atoms with Crippen molar-refractivity contribution in [2.45, 2.75) is 9.79 Å². The molecule has 0 saturated carbocycles. The Morgan fingerprint density at radius 1 is 0.571 bits per heavy atom. The molecule has 0 aliphatic rings. The fourth-order valence-corrected chi connectivity index (χ4v) is 4.59. The number of rotatable bonds is 6. The standard InChI is InChI=1S/C18H18N4O4S2/c19-15-11-17(21-27(23,24)13-7-3-1-4-8-13)18(12-16(15)20)22-28(25,26)14-9-5-2-6-10-14/h1-12,21-22H,19-20H2. The largest absolute Gasteiger partial charge is 0.397 e. The first-order chi connectivity index (χ1) is 13.2. The third-order valence-electron chi connectivity index (χ3n) is 3.82. The highest BCUT2D eigenvalue weighted by Crippen LogP contribution is 2.33. The Hall–Kier alpha value is -3.24. The summed E-state index contributed by atoms with van der Waals surface area (Å²) >= 11 is 0. The second kappa shape index (κ2) is 7.41. The van der Waals surface area contributed by atoms with Gasteiger partial charge in [0.15, 0.2) is 0 Å². The number of hydrogen-bond acceptors (Lipinski definition) is 6. The van der Waals surface area contributed by atoms with Crippen molar-refractivity contribution in [1.29, 1.82) is 0 Å². The van der Waals surface area contributed by atoms with Gasteiger partial charge in [0.25, 0.3) is 20.0 Å². The van der Waals surface area contributed by atoms with E-state index in [1.807, 2.05) is 0 Å². The quantitative estimate of drug-likeness (QED) is 0.453. The molecule has 0 amide bonds. The fourth-order valence-electron chi connectivity index (χ4n) is 2.41. The second-order valence-corrected chi connectivity index (χ2v) is 9.23. The number of nitrogens with two attached hydrogens (primary N) is 2. The van der Waals surface area contributed by atoms with E-state index >= 15 is 0 Å². The molecule has 0 unspecified atom stereocenters. The number of hydrogen-bond donors (Lipinski definition) is 4. The van der Waals surface area contributed by atoms with Gasteiger partial charge in [-0.05, 0) is 36.4 Å². The first kappa shape index (κ1) is 19.5. The Morgan fingerprint density at radius 2 is 0.893 bits per heavy atom. The maximum atomic E-state index is 12.6. The van der Waals surface area contributed by atoms with E-state index in [9.17, 15) is 16.8 Å². The van der Waals surface area contributed by atoms with Crippen molar-refractivity contribution < 1.29 is 16.8 Å². The molecule has 0 fully saturated rings. The molecule has 0 aliphatic carbocycles. The lowest BCUT2D eigenvalue weighted by Crippen LogP contribution is -2.18. The zero-order valence-electron chi connectivity index (χ0n) is 14.5. The Balaban J connectivity index is 2.02. The number of anilines is 4. The monoisotopic (exact) mass is 418 g/mol. The Kier molecular flexibility index (Phi) is 5.16. The summed E-state index contributed by atoms with van der Waals surface area (Å²) in [6.45, 7) is 0. The van der Waals surface area contributed by atoms with Crippen molar-refractivity contribution in [2.24, 2.45) is 0 Å². The second-order valence-electron chi connectivity index (χ2n) is 5.86. The normalized spacial score (nSPS) is 11.7. The van der Waals surface area contributed by atoms with Crippen LogP contribution in [-0.2, 0) is 20.0 Å². The minimum Gasteiger partial charge on any atom is -0.397 e. The van der Waals surface area contributed by atoms with Gasteiger partial charge in [0, 0.05) is 0 Å². The topological polar surface area (TPSA) is 144 Å². The summed E-state index contributed by atoms with van der Waals surface area (Å²) in [7, 11) is -7.93. The Bertz CT molecular complexity index is 1100. The first-order valence-corrected chi connectivity index (χ1v) is 11.0. The summed E-state index contributed by atoms with van der Waals surface area (Å²) in [6.07, 6.45) is 0. The highest BCUT2D eigenvalue weighted by atomic mass is 32.2.